The van der Waals surface area contributed by atoms with Gasteiger partial charge < -0.3 is 10.2 Å². The molecule has 1 aromatic rings. The lowest BCUT2D eigenvalue weighted by atomic mass is 10.1. The molecule has 1 fully saturated rings. The van der Waals surface area contributed by atoms with E-state index in [0.29, 0.717) is 5.92 Å². The molecule has 94 valence electrons. The van der Waals surface area contributed by atoms with E-state index in [2.05, 4.69) is 17.1 Å². The predicted molar refractivity (Wildman–Crippen MR) is 70.0 cm³/mol. The fraction of sp³-hybridized carbons (Fsp3) is 0.571. The minimum absolute atomic E-state index is 0.145. The van der Waals surface area contributed by atoms with Gasteiger partial charge in [-0.25, -0.2) is 4.39 Å². The maximum atomic E-state index is 13.1. The monoisotopic (exact) mass is 236 g/mol. The minimum atomic E-state index is -0.145. The molecule has 3 heteroatoms. The molecule has 1 saturated heterocycles. The first kappa shape index (κ1) is 12.4. The zero-order valence-electron chi connectivity index (χ0n) is 10.7. The maximum absolute atomic E-state index is 13.1. The van der Waals surface area contributed by atoms with Crippen LogP contribution in [0.2, 0.25) is 0 Å². The van der Waals surface area contributed by atoms with Crippen LogP contribution in [-0.2, 0) is 0 Å². The van der Waals surface area contributed by atoms with Crippen molar-refractivity contribution < 1.29 is 4.39 Å². The Balaban J connectivity index is 2.17. The number of halogens is 1. The van der Waals surface area contributed by atoms with Crippen molar-refractivity contribution in [1.82, 2.24) is 5.32 Å². The molecule has 0 spiro atoms. The number of anilines is 1. The van der Waals surface area contributed by atoms with Crippen LogP contribution in [0.3, 0.4) is 0 Å². The quantitative estimate of drug-likeness (QED) is 0.806. The largest absolute Gasteiger partial charge is 0.371 e. The molecule has 2 rings (SSSR count). The smallest absolute Gasteiger partial charge is 0.123 e. The Hall–Kier alpha value is -1.09. The lowest BCUT2D eigenvalue weighted by Gasteiger charge is -2.31. The van der Waals surface area contributed by atoms with E-state index in [4.69, 9.17) is 0 Å². The van der Waals surface area contributed by atoms with Crippen LogP contribution in [0.15, 0.2) is 18.2 Å². The molecule has 2 nitrogen and oxygen atoms in total. The van der Waals surface area contributed by atoms with Gasteiger partial charge in [0, 0.05) is 18.8 Å². The van der Waals surface area contributed by atoms with Crippen LogP contribution >= 0.6 is 0 Å². The van der Waals surface area contributed by atoms with Gasteiger partial charge >= 0.3 is 0 Å². The van der Waals surface area contributed by atoms with Crippen molar-refractivity contribution in [1.29, 1.82) is 0 Å². The third-order valence-corrected chi connectivity index (χ3v) is 3.31. The van der Waals surface area contributed by atoms with Gasteiger partial charge in [-0.15, -0.1) is 0 Å². The molecule has 0 radical (unpaired) electrons. The molecule has 0 saturated carbocycles. The maximum Gasteiger partial charge on any atom is 0.123 e. The standard InChI is InChI=1S/C14H21FN2/c1-11-9-16-6-3-7-17(10-11)14-5-4-13(15)8-12(14)2/h4-5,8,11,16H,3,6-7,9-10H2,1-2H3. The summed E-state index contributed by atoms with van der Waals surface area (Å²) in [6, 6.07) is 5.09. The highest BCUT2D eigenvalue weighted by molar-refractivity contribution is 5.53. The zero-order valence-corrected chi connectivity index (χ0v) is 10.7. The van der Waals surface area contributed by atoms with E-state index in [1.54, 1.807) is 12.1 Å². The summed E-state index contributed by atoms with van der Waals surface area (Å²) in [7, 11) is 0. The van der Waals surface area contributed by atoms with Crippen LogP contribution in [0.5, 0.6) is 0 Å². The molecule has 1 atom stereocenters. The SMILES string of the molecule is Cc1cc(F)ccc1N1CCCNCC(C)C1. The van der Waals surface area contributed by atoms with E-state index in [1.165, 1.54) is 5.69 Å². The summed E-state index contributed by atoms with van der Waals surface area (Å²) in [5.41, 5.74) is 2.21. The fourth-order valence-electron chi connectivity index (χ4n) is 2.47. The van der Waals surface area contributed by atoms with Crippen molar-refractivity contribution >= 4 is 5.69 Å². The fourth-order valence-corrected chi connectivity index (χ4v) is 2.47. The summed E-state index contributed by atoms with van der Waals surface area (Å²) in [4.78, 5) is 2.39. The van der Waals surface area contributed by atoms with Crippen molar-refractivity contribution in [3.05, 3.63) is 29.6 Å². The highest BCUT2D eigenvalue weighted by atomic mass is 19.1. The first-order valence-corrected chi connectivity index (χ1v) is 6.38. The number of aryl methyl sites for hydroxylation is 1. The Bertz CT molecular complexity index is 378. The summed E-state index contributed by atoms with van der Waals surface area (Å²) in [5, 5.41) is 3.45. The average molecular weight is 236 g/mol. The van der Waals surface area contributed by atoms with E-state index < -0.39 is 0 Å². The normalized spacial score (nSPS) is 22.1. The number of nitrogens with one attached hydrogen (secondary N) is 1. The molecule has 1 N–H and O–H groups in total. The first-order chi connectivity index (χ1) is 8.16. The van der Waals surface area contributed by atoms with Crippen molar-refractivity contribution in [2.24, 2.45) is 5.92 Å². The van der Waals surface area contributed by atoms with Gasteiger partial charge in [0.05, 0.1) is 0 Å². The Morgan fingerprint density at radius 1 is 1.41 bits per heavy atom. The first-order valence-electron chi connectivity index (χ1n) is 6.38. The molecular weight excluding hydrogens is 215 g/mol. The van der Waals surface area contributed by atoms with Gasteiger partial charge in [0.1, 0.15) is 5.82 Å². The topological polar surface area (TPSA) is 15.3 Å². The molecule has 1 aromatic carbocycles. The van der Waals surface area contributed by atoms with Gasteiger partial charge in [0.15, 0.2) is 0 Å². The molecule has 1 aliphatic rings. The van der Waals surface area contributed by atoms with E-state index in [0.717, 1.165) is 38.2 Å². The Kier molecular flexibility index (Phi) is 4.00. The van der Waals surface area contributed by atoms with E-state index in [9.17, 15) is 4.39 Å². The number of nitrogens with zero attached hydrogens (tertiary/aromatic N) is 1. The Morgan fingerprint density at radius 2 is 2.24 bits per heavy atom. The molecule has 1 heterocycles. The van der Waals surface area contributed by atoms with Gasteiger partial charge in [-0.05, 0) is 56.1 Å². The summed E-state index contributed by atoms with van der Waals surface area (Å²) in [6.45, 7) is 8.46. The summed E-state index contributed by atoms with van der Waals surface area (Å²) in [6.07, 6.45) is 1.14. The summed E-state index contributed by atoms with van der Waals surface area (Å²) >= 11 is 0. The van der Waals surface area contributed by atoms with E-state index in [1.807, 2.05) is 13.0 Å². The lowest BCUT2D eigenvalue weighted by molar-refractivity contribution is 0.467. The molecule has 0 aromatic heterocycles. The Labute approximate surface area is 103 Å². The third-order valence-electron chi connectivity index (χ3n) is 3.31. The van der Waals surface area contributed by atoms with Gasteiger partial charge in [0.2, 0.25) is 0 Å². The molecule has 0 aliphatic carbocycles. The molecule has 0 bridgehead atoms. The number of hydrogen-bond acceptors (Lipinski definition) is 2. The molecule has 1 unspecified atom stereocenters. The van der Waals surface area contributed by atoms with Crippen molar-refractivity contribution in [2.75, 3.05) is 31.1 Å². The van der Waals surface area contributed by atoms with Crippen LogP contribution < -0.4 is 10.2 Å². The van der Waals surface area contributed by atoms with Crippen LogP contribution in [0.4, 0.5) is 10.1 Å². The van der Waals surface area contributed by atoms with Crippen LogP contribution in [0, 0.1) is 18.7 Å². The molecule has 0 amide bonds. The number of hydrogen-bond donors (Lipinski definition) is 1. The highest BCUT2D eigenvalue weighted by Crippen LogP contribution is 2.22. The second-order valence-corrected chi connectivity index (χ2v) is 5.04. The van der Waals surface area contributed by atoms with E-state index in [-0.39, 0.29) is 5.82 Å². The van der Waals surface area contributed by atoms with Crippen molar-refractivity contribution in [2.45, 2.75) is 20.3 Å². The highest BCUT2D eigenvalue weighted by Gasteiger charge is 2.15. The number of rotatable bonds is 1. The average Bonchev–Trinajstić information content (AvgIpc) is 2.24. The lowest BCUT2D eigenvalue weighted by Crippen LogP contribution is -2.39. The van der Waals surface area contributed by atoms with Crippen molar-refractivity contribution in [3.63, 3.8) is 0 Å². The molecule has 1 aliphatic heterocycles. The summed E-state index contributed by atoms with van der Waals surface area (Å²) < 4.78 is 13.1. The number of benzene rings is 1. The van der Waals surface area contributed by atoms with Crippen LogP contribution in [0.25, 0.3) is 0 Å². The molecule has 17 heavy (non-hydrogen) atoms. The second-order valence-electron chi connectivity index (χ2n) is 5.04. The van der Waals surface area contributed by atoms with Crippen molar-refractivity contribution in [3.8, 4) is 0 Å². The van der Waals surface area contributed by atoms with E-state index >= 15 is 0 Å². The van der Waals surface area contributed by atoms with Crippen LogP contribution in [-0.4, -0.2) is 26.2 Å². The Morgan fingerprint density at radius 3 is 3.00 bits per heavy atom. The molecular formula is C14H21FN2. The second kappa shape index (κ2) is 5.50. The zero-order chi connectivity index (χ0) is 12.3. The van der Waals surface area contributed by atoms with Crippen LogP contribution in [0.1, 0.15) is 18.9 Å². The van der Waals surface area contributed by atoms with Gasteiger partial charge in [0.25, 0.3) is 0 Å². The summed E-state index contributed by atoms with van der Waals surface area (Å²) in [5.74, 6) is 0.479. The minimum Gasteiger partial charge on any atom is -0.371 e. The predicted octanol–water partition coefficient (Wildman–Crippen LogP) is 2.57. The third kappa shape index (κ3) is 3.19. The van der Waals surface area contributed by atoms with Gasteiger partial charge in [-0.1, -0.05) is 6.92 Å². The van der Waals surface area contributed by atoms with Gasteiger partial charge in [-0.2, -0.15) is 0 Å². The van der Waals surface area contributed by atoms with Gasteiger partial charge in [-0.3, -0.25) is 0 Å².